The van der Waals surface area contributed by atoms with Crippen molar-refractivity contribution in [1.82, 2.24) is 15.1 Å². The number of rotatable bonds is 5. The van der Waals surface area contributed by atoms with Crippen molar-refractivity contribution in [2.75, 3.05) is 46.5 Å². The normalized spacial score (nSPS) is 20.5. The molecule has 24 heavy (non-hydrogen) atoms. The third kappa shape index (κ3) is 4.11. The first-order valence-corrected chi connectivity index (χ1v) is 8.38. The van der Waals surface area contributed by atoms with Gasteiger partial charge in [0.25, 0.3) is 5.91 Å². The zero-order chi connectivity index (χ0) is 16.9. The van der Waals surface area contributed by atoms with Gasteiger partial charge in [-0.3, -0.25) is 14.6 Å². The molecule has 0 radical (unpaired) electrons. The van der Waals surface area contributed by atoms with Crippen molar-refractivity contribution in [2.45, 2.75) is 0 Å². The molecule has 1 amide bonds. The lowest BCUT2D eigenvalue weighted by atomic mass is 10.2. The maximum Gasteiger partial charge on any atom is 0.276 e. The summed E-state index contributed by atoms with van der Waals surface area (Å²) in [4.78, 5) is 15.7. The average Bonchev–Trinajstić information content (AvgIpc) is 2.84. The second-order valence-electron chi connectivity index (χ2n) is 5.72. The minimum absolute atomic E-state index is 0.120. The monoisotopic (exact) mass is 347 g/mol. The fourth-order valence-electron chi connectivity index (χ4n) is 2.57. The lowest BCUT2D eigenvalue weighted by molar-refractivity contribution is -0.121. The molecule has 1 aromatic carbocycles. The van der Waals surface area contributed by atoms with Gasteiger partial charge in [0, 0.05) is 26.7 Å². The summed E-state index contributed by atoms with van der Waals surface area (Å²) in [5, 5.41) is 3.33. The van der Waals surface area contributed by atoms with E-state index in [0.29, 0.717) is 17.4 Å². The zero-order valence-corrected chi connectivity index (χ0v) is 14.5. The van der Waals surface area contributed by atoms with Gasteiger partial charge in [-0.05, 0) is 36.0 Å². The summed E-state index contributed by atoms with van der Waals surface area (Å²) in [5.74, 6) is 0.703. The quantitative estimate of drug-likeness (QED) is 0.636. The first-order valence-electron chi connectivity index (χ1n) is 7.97. The van der Waals surface area contributed by atoms with Crippen LogP contribution in [0.25, 0.3) is 6.08 Å². The Morgan fingerprint density at radius 1 is 1.29 bits per heavy atom. The van der Waals surface area contributed by atoms with Crippen molar-refractivity contribution in [2.24, 2.45) is 0 Å². The Hall–Kier alpha value is -1.96. The van der Waals surface area contributed by atoms with Crippen LogP contribution in [0.2, 0.25) is 0 Å². The third-order valence-electron chi connectivity index (χ3n) is 4.05. The average molecular weight is 347 g/mol. The Balaban J connectivity index is 1.52. The van der Waals surface area contributed by atoms with E-state index in [9.17, 15) is 4.79 Å². The van der Waals surface area contributed by atoms with E-state index < -0.39 is 0 Å². The molecule has 2 heterocycles. The van der Waals surface area contributed by atoms with Gasteiger partial charge in [0.15, 0.2) is 5.11 Å². The van der Waals surface area contributed by atoms with Crippen LogP contribution < -0.4 is 10.1 Å². The molecule has 2 fully saturated rings. The Morgan fingerprint density at radius 2 is 2.00 bits per heavy atom. The van der Waals surface area contributed by atoms with E-state index in [1.807, 2.05) is 24.3 Å². The summed E-state index contributed by atoms with van der Waals surface area (Å²) >= 11 is 5.06. The number of carbonyl (C=O) groups is 1. The molecule has 6 nitrogen and oxygen atoms in total. The lowest BCUT2D eigenvalue weighted by Gasteiger charge is -2.26. The number of morpholine rings is 1. The van der Waals surface area contributed by atoms with Crippen LogP contribution in [0, 0.1) is 0 Å². The molecular formula is C17H21N3O3S. The summed E-state index contributed by atoms with van der Waals surface area (Å²) in [6.45, 7) is 5.08. The number of thiocarbonyl (C=S) groups is 1. The minimum Gasteiger partial charge on any atom is -0.492 e. The molecule has 2 aliphatic heterocycles. The van der Waals surface area contributed by atoms with Gasteiger partial charge < -0.3 is 14.8 Å². The third-order valence-corrected chi connectivity index (χ3v) is 4.43. The number of likely N-dealkylation sites (N-methyl/N-ethyl adjacent to an activating group) is 1. The number of ether oxygens (including phenoxy) is 2. The van der Waals surface area contributed by atoms with Crippen LogP contribution in [0.15, 0.2) is 30.0 Å². The van der Waals surface area contributed by atoms with Crippen molar-refractivity contribution >= 4 is 29.3 Å². The van der Waals surface area contributed by atoms with Gasteiger partial charge in [0.1, 0.15) is 18.1 Å². The standard InChI is InChI=1S/C17H21N3O3S/c1-19-16(21)15(18-17(19)24)12-13-2-4-14(5-3-13)23-11-8-20-6-9-22-10-7-20/h2-5,12H,6-11H2,1H3,(H,18,24)/b15-12+. The molecular weight excluding hydrogens is 326 g/mol. The Morgan fingerprint density at radius 3 is 2.62 bits per heavy atom. The lowest BCUT2D eigenvalue weighted by Crippen LogP contribution is -2.38. The summed E-state index contributed by atoms with van der Waals surface area (Å²) in [6.07, 6.45) is 1.79. The van der Waals surface area contributed by atoms with E-state index in [4.69, 9.17) is 21.7 Å². The SMILES string of the molecule is CN1C(=O)/C(=C\c2ccc(OCCN3CCOCC3)cc2)NC1=S. The highest BCUT2D eigenvalue weighted by Gasteiger charge is 2.26. The van der Waals surface area contributed by atoms with Crippen molar-refractivity contribution in [1.29, 1.82) is 0 Å². The van der Waals surface area contributed by atoms with Crippen LogP contribution in [-0.2, 0) is 9.53 Å². The van der Waals surface area contributed by atoms with Crippen LogP contribution in [-0.4, -0.2) is 67.3 Å². The molecule has 2 saturated heterocycles. The maximum absolute atomic E-state index is 11.9. The van der Waals surface area contributed by atoms with Crippen molar-refractivity contribution in [3.05, 3.63) is 35.5 Å². The topological polar surface area (TPSA) is 54.0 Å². The van der Waals surface area contributed by atoms with Gasteiger partial charge in [-0.1, -0.05) is 12.1 Å². The molecule has 0 unspecified atom stereocenters. The molecule has 128 valence electrons. The van der Waals surface area contributed by atoms with E-state index in [0.717, 1.165) is 44.2 Å². The van der Waals surface area contributed by atoms with E-state index in [1.165, 1.54) is 4.90 Å². The predicted octanol–water partition coefficient (Wildman–Crippen LogP) is 1.08. The molecule has 0 saturated carbocycles. The van der Waals surface area contributed by atoms with E-state index in [-0.39, 0.29) is 5.91 Å². The van der Waals surface area contributed by atoms with Crippen molar-refractivity contribution < 1.29 is 14.3 Å². The number of nitrogens with zero attached hydrogens (tertiary/aromatic N) is 2. The largest absolute Gasteiger partial charge is 0.492 e. The molecule has 1 aromatic rings. The molecule has 0 aliphatic carbocycles. The summed E-state index contributed by atoms with van der Waals surface area (Å²) < 4.78 is 11.1. The van der Waals surface area contributed by atoms with E-state index >= 15 is 0 Å². The molecule has 0 bridgehead atoms. The van der Waals surface area contributed by atoms with Gasteiger partial charge in [0.05, 0.1) is 13.2 Å². The minimum atomic E-state index is -0.120. The van der Waals surface area contributed by atoms with Gasteiger partial charge in [-0.25, -0.2) is 0 Å². The predicted molar refractivity (Wildman–Crippen MR) is 95.7 cm³/mol. The number of benzene rings is 1. The van der Waals surface area contributed by atoms with Crippen LogP contribution in [0.5, 0.6) is 5.75 Å². The van der Waals surface area contributed by atoms with Gasteiger partial charge >= 0.3 is 0 Å². The molecule has 1 N–H and O–H groups in total. The van der Waals surface area contributed by atoms with E-state index in [1.54, 1.807) is 13.1 Å². The Bertz CT molecular complexity index is 639. The van der Waals surface area contributed by atoms with Gasteiger partial charge in [-0.15, -0.1) is 0 Å². The van der Waals surface area contributed by atoms with Crippen molar-refractivity contribution in [3.8, 4) is 5.75 Å². The van der Waals surface area contributed by atoms with Crippen LogP contribution in [0.4, 0.5) is 0 Å². The smallest absolute Gasteiger partial charge is 0.276 e. The van der Waals surface area contributed by atoms with Gasteiger partial charge in [0.2, 0.25) is 0 Å². The zero-order valence-electron chi connectivity index (χ0n) is 13.7. The van der Waals surface area contributed by atoms with E-state index in [2.05, 4.69) is 10.2 Å². The Labute approximate surface area is 147 Å². The highest BCUT2D eigenvalue weighted by atomic mass is 32.1. The molecule has 7 heteroatoms. The highest BCUT2D eigenvalue weighted by molar-refractivity contribution is 7.80. The molecule has 0 atom stereocenters. The molecule has 0 aromatic heterocycles. The molecule has 3 rings (SSSR count). The second kappa shape index (κ2) is 7.74. The summed E-state index contributed by atoms with van der Waals surface area (Å²) in [5.41, 5.74) is 1.41. The number of nitrogens with one attached hydrogen (secondary N) is 1. The van der Waals surface area contributed by atoms with Crippen LogP contribution in [0.3, 0.4) is 0 Å². The first-order chi connectivity index (χ1) is 11.6. The fraction of sp³-hybridized carbons (Fsp3) is 0.412. The first kappa shape index (κ1) is 16.9. The second-order valence-corrected chi connectivity index (χ2v) is 6.11. The fourth-order valence-corrected chi connectivity index (χ4v) is 2.76. The Kier molecular flexibility index (Phi) is 5.44. The number of hydrogen-bond donors (Lipinski definition) is 1. The molecule has 2 aliphatic rings. The molecule has 0 spiro atoms. The number of amides is 1. The summed E-state index contributed by atoms with van der Waals surface area (Å²) in [6, 6.07) is 7.67. The van der Waals surface area contributed by atoms with Crippen molar-refractivity contribution in [3.63, 3.8) is 0 Å². The highest BCUT2D eigenvalue weighted by Crippen LogP contribution is 2.16. The maximum atomic E-state index is 11.9. The van der Waals surface area contributed by atoms with Crippen LogP contribution in [0.1, 0.15) is 5.56 Å². The van der Waals surface area contributed by atoms with Gasteiger partial charge in [-0.2, -0.15) is 0 Å². The van der Waals surface area contributed by atoms with Crippen LogP contribution >= 0.6 is 12.2 Å². The summed E-state index contributed by atoms with van der Waals surface area (Å²) in [7, 11) is 1.66. The number of carbonyl (C=O) groups excluding carboxylic acids is 1. The number of hydrogen-bond acceptors (Lipinski definition) is 5.